The molecule has 0 atom stereocenters. The second-order valence-corrected chi connectivity index (χ2v) is 4.48. The zero-order valence-electron chi connectivity index (χ0n) is 11.1. The lowest BCUT2D eigenvalue weighted by atomic mass is 10.1. The molecule has 2 nitrogen and oxygen atoms in total. The van der Waals surface area contributed by atoms with Gasteiger partial charge in [0.1, 0.15) is 12.0 Å². The van der Waals surface area contributed by atoms with Crippen molar-refractivity contribution in [1.29, 1.82) is 0 Å². The second-order valence-electron chi connectivity index (χ2n) is 4.48. The summed E-state index contributed by atoms with van der Waals surface area (Å²) in [6.45, 7) is 0.266. The minimum atomic E-state index is -4.33. The maximum atomic E-state index is 12.6. The van der Waals surface area contributed by atoms with Crippen LogP contribution in [0.15, 0.2) is 48.5 Å². The number of rotatable bonds is 5. The second kappa shape index (κ2) is 6.43. The van der Waals surface area contributed by atoms with Gasteiger partial charge in [-0.25, -0.2) is 0 Å². The van der Waals surface area contributed by atoms with Crippen LogP contribution < -0.4 is 4.74 Å². The van der Waals surface area contributed by atoms with Crippen LogP contribution in [-0.2, 0) is 12.6 Å². The molecule has 0 aliphatic carbocycles. The molecule has 0 saturated heterocycles. The van der Waals surface area contributed by atoms with Crippen LogP contribution in [0.2, 0.25) is 0 Å². The van der Waals surface area contributed by atoms with E-state index in [1.54, 1.807) is 30.3 Å². The van der Waals surface area contributed by atoms with Crippen molar-refractivity contribution in [1.82, 2.24) is 0 Å². The Kier molecular flexibility index (Phi) is 4.62. The van der Waals surface area contributed by atoms with E-state index in [0.717, 1.165) is 18.4 Å². The number of hydrogen-bond acceptors (Lipinski definition) is 2. The first-order chi connectivity index (χ1) is 9.99. The van der Waals surface area contributed by atoms with Crippen LogP contribution in [-0.4, -0.2) is 12.9 Å². The van der Waals surface area contributed by atoms with E-state index in [1.807, 2.05) is 0 Å². The number of alkyl halides is 3. The Labute approximate surface area is 120 Å². The number of aldehydes is 1. The van der Waals surface area contributed by atoms with Gasteiger partial charge in [0.15, 0.2) is 0 Å². The van der Waals surface area contributed by atoms with E-state index >= 15 is 0 Å². The molecule has 0 bridgehead atoms. The summed E-state index contributed by atoms with van der Waals surface area (Å²) < 4.78 is 43.1. The van der Waals surface area contributed by atoms with Gasteiger partial charge < -0.3 is 4.74 Å². The number of carbonyl (C=O) groups is 1. The van der Waals surface area contributed by atoms with Crippen LogP contribution in [0.1, 0.15) is 21.5 Å². The topological polar surface area (TPSA) is 26.3 Å². The zero-order valence-corrected chi connectivity index (χ0v) is 11.1. The lowest BCUT2D eigenvalue weighted by Gasteiger charge is -2.09. The third-order valence-corrected chi connectivity index (χ3v) is 2.93. The smallest absolute Gasteiger partial charge is 0.416 e. The summed E-state index contributed by atoms with van der Waals surface area (Å²) in [5, 5.41) is 0. The summed E-state index contributed by atoms with van der Waals surface area (Å²) in [4.78, 5) is 10.5. The first kappa shape index (κ1) is 15.1. The molecule has 2 rings (SSSR count). The van der Waals surface area contributed by atoms with E-state index in [4.69, 9.17) is 4.74 Å². The number of hydrogen-bond donors (Lipinski definition) is 0. The fourth-order valence-electron chi connectivity index (χ4n) is 1.83. The predicted molar refractivity (Wildman–Crippen MR) is 72.5 cm³/mol. The Hall–Kier alpha value is -2.30. The van der Waals surface area contributed by atoms with Crippen LogP contribution in [0.25, 0.3) is 0 Å². The van der Waals surface area contributed by atoms with Crippen molar-refractivity contribution in [2.75, 3.05) is 6.61 Å². The highest BCUT2D eigenvalue weighted by Gasteiger charge is 2.30. The minimum Gasteiger partial charge on any atom is -0.493 e. The van der Waals surface area contributed by atoms with E-state index < -0.39 is 11.7 Å². The summed E-state index contributed by atoms with van der Waals surface area (Å²) >= 11 is 0. The van der Waals surface area contributed by atoms with E-state index in [2.05, 4.69) is 0 Å². The van der Waals surface area contributed by atoms with E-state index in [-0.39, 0.29) is 6.61 Å². The van der Waals surface area contributed by atoms with Gasteiger partial charge in [-0.2, -0.15) is 13.2 Å². The highest BCUT2D eigenvalue weighted by atomic mass is 19.4. The Morgan fingerprint density at radius 2 is 1.76 bits per heavy atom. The molecule has 0 unspecified atom stereocenters. The number of halogens is 3. The normalized spacial score (nSPS) is 11.2. The number of benzene rings is 2. The molecule has 0 spiro atoms. The lowest BCUT2D eigenvalue weighted by molar-refractivity contribution is -0.137. The molecule has 0 heterocycles. The van der Waals surface area contributed by atoms with Crippen LogP contribution in [0.3, 0.4) is 0 Å². The van der Waals surface area contributed by atoms with Crippen molar-refractivity contribution in [3.05, 3.63) is 65.2 Å². The zero-order chi connectivity index (χ0) is 15.3. The van der Waals surface area contributed by atoms with E-state index in [9.17, 15) is 18.0 Å². The molecule has 0 N–H and O–H groups in total. The maximum absolute atomic E-state index is 12.6. The fraction of sp³-hybridized carbons (Fsp3) is 0.188. The van der Waals surface area contributed by atoms with Gasteiger partial charge >= 0.3 is 6.18 Å². The van der Waals surface area contributed by atoms with Crippen molar-refractivity contribution in [2.45, 2.75) is 12.6 Å². The predicted octanol–water partition coefficient (Wildman–Crippen LogP) is 4.14. The molecule has 0 aromatic heterocycles. The van der Waals surface area contributed by atoms with Crippen LogP contribution in [0.4, 0.5) is 13.2 Å². The molecule has 21 heavy (non-hydrogen) atoms. The largest absolute Gasteiger partial charge is 0.493 e. The monoisotopic (exact) mass is 294 g/mol. The quantitative estimate of drug-likeness (QED) is 0.775. The molecule has 0 fully saturated rings. The van der Waals surface area contributed by atoms with Crippen molar-refractivity contribution >= 4 is 6.29 Å². The van der Waals surface area contributed by atoms with Gasteiger partial charge in [-0.15, -0.1) is 0 Å². The van der Waals surface area contributed by atoms with Gasteiger partial charge in [0.25, 0.3) is 0 Å². The number of ether oxygens (including phenoxy) is 1. The molecule has 0 radical (unpaired) electrons. The van der Waals surface area contributed by atoms with Gasteiger partial charge in [-0.3, -0.25) is 4.79 Å². The first-order valence-corrected chi connectivity index (χ1v) is 6.33. The molecule has 110 valence electrons. The molecule has 2 aromatic rings. The van der Waals surface area contributed by atoms with Gasteiger partial charge in [0, 0.05) is 12.0 Å². The van der Waals surface area contributed by atoms with Crippen LogP contribution in [0.5, 0.6) is 5.75 Å². The highest BCUT2D eigenvalue weighted by Crippen LogP contribution is 2.29. The summed E-state index contributed by atoms with van der Waals surface area (Å²) in [5.41, 5.74) is 0.449. The number of carbonyl (C=O) groups excluding carboxylic acids is 1. The maximum Gasteiger partial charge on any atom is 0.416 e. The average Bonchev–Trinajstić information content (AvgIpc) is 2.47. The molecule has 0 saturated carbocycles. The summed E-state index contributed by atoms with van der Waals surface area (Å²) in [5.74, 6) is 0.576. The first-order valence-electron chi connectivity index (χ1n) is 6.33. The molecule has 0 amide bonds. The molecule has 0 aliphatic heterocycles. The summed E-state index contributed by atoms with van der Waals surface area (Å²) in [6.07, 6.45) is -3.23. The van der Waals surface area contributed by atoms with Gasteiger partial charge in [-0.1, -0.05) is 18.2 Å². The third kappa shape index (κ3) is 4.34. The van der Waals surface area contributed by atoms with Crippen LogP contribution in [0, 0.1) is 0 Å². The van der Waals surface area contributed by atoms with Crippen molar-refractivity contribution in [2.24, 2.45) is 0 Å². The Morgan fingerprint density at radius 3 is 2.38 bits per heavy atom. The Morgan fingerprint density at radius 1 is 1.05 bits per heavy atom. The van der Waals surface area contributed by atoms with E-state index in [1.165, 1.54) is 6.07 Å². The van der Waals surface area contributed by atoms with Gasteiger partial charge in [0.05, 0.1) is 12.2 Å². The molecular weight excluding hydrogens is 281 g/mol. The lowest BCUT2D eigenvalue weighted by Crippen LogP contribution is -2.07. The molecule has 2 aromatic carbocycles. The molecule has 0 aliphatic rings. The SMILES string of the molecule is O=Cc1ccc(OCCc2cccc(C(F)(F)F)c2)cc1. The third-order valence-electron chi connectivity index (χ3n) is 2.93. The fourth-order valence-corrected chi connectivity index (χ4v) is 1.83. The van der Waals surface area contributed by atoms with Crippen LogP contribution >= 0.6 is 0 Å². The Balaban J connectivity index is 1.92. The van der Waals surface area contributed by atoms with Crippen molar-refractivity contribution < 1.29 is 22.7 Å². The summed E-state index contributed by atoms with van der Waals surface area (Å²) in [6, 6.07) is 11.7. The minimum absolute atomic E-state index is 0.266. The van der Waals surface area contributed by atoms with Crippen molar-refractivity contribution in [3.8, 4) is 5.75 Å². The highest BCUT2D eigenvalue weighted by molar-refractivity contribution is 5.74. The van der Waals surface area contributed by atoms with E-state index in [0.29, 0.717) is 23.3 Å². The summed E-state index contributed by atoms with van der Waals surface area (Å²) in [7, 11) is 0. The molecular formula is C16H13F3O2. The van der Waals surface area contributed by atoms with Gasteiger partial charge in [0.2, 0.25) is 0 Å². The Bertz CT molecular complexity index is 604. The molecule has 5 heteroatoms. The van der Waals surface area contributed by atoms with Gasteiger partial charge in [-0.05, 0) is 35.9 Å². The van der Waals surface area contributed by atoms with Crippen molar-refractivity contribution in [3.63, 3.8) is 0 Å². The standard InChI is InChI=1S/C16H13F3O2/c17-16(18,19)14-3-1-2-12(10-14)8-9-21-15-6-4-13(11-20)5-7-15/h1-7,10-11H,8-9H2. The average molecular weight is 294 g/mol.